The van der Waals surface area contributed by atoms with Crippen molar-refractivity contribution in [2.24, 2.45) is 0 Å². The summed E-state index contributed by atoms with van der Waals surface area (Å²) < 4.78 is 20.0. The minimum absolute atomic E-state index is 0.254. The summed E-state index contributed by atoms with van der Waals surface area (Å²) in [6, 6.07) is 13.2. The number of rotatable bonds is 4. The number of amides is 1. The van der Waals surface area contributed by atoms with Crippen molar-refractivity contribution in [1.29, 1.82) is 0 Å². The Kier molecular flexibility index (Phi) is 4.92. The molecule has 3 rings (SSSR count). The van der Waals surface area contributed by atoms with Crippen molar-refractivity contribution in [2.45, 2.75) is 0 Å². The van der Waals surface area contributed by atoms with Gasteiger partial charge in [-0.05, 0) is 46.3 Å². The second-order valence-electron chi connectivity index (χ2n) is 4.87. The lowest BCUT2D eigenvalue weighted by Crippen LogP contribution is -2.20. The maximum absolute atomic E-state index is 13.6. The van der Waals surface area contributed by atoms with Gasteiger partial charge < -0.3 is 10.1 Å². The van der Waals surface area contributed by atoms with Gasteiger partial charge in [0.15, 0.2) is 6.61 Å². The van der Waals surface area contributed by atoms with Crippen molar-refractivity contribution in [1.82, 2.24) is 0 Å². The van der Waals surface area contributed by atoms with Gasteiger partial charge in [-0.2, -0.15) is 0 Å². The highest BCUT2D eigenvalue weighted by Gasteiger charge is 2.15. The average Bonchev–Trinajstić information content (AvgIpc) is 3.00. The molecule has 24 heavy (non-hydrogen) atoms. The van der Waals surface area contributed by atoms with Gasteiger partial charge >= 0.3 is 5.97 Å². The Morgan fingerprint density at radius 2 is 1.96 bits per heavy atom. The number of fused-ring (bicyclic) bond motifs is 1. The summed E-state index contributed by atoms with van der Waals surface area (Å²) >= 11 is 4.44. The van der Waals surface area contributed by atoms with Crippen molar-refractivity contribution in [3.8, 4) is 0 Å². The number of ether oxygens (including phenoxy) is 1. The van der Waals surface area contributed by atoms with E-state index in [0.29, 0.717) is 15.8 Å². The van der Waals surface area contributed by atoms with Crippen LogP contribution in [-0.4, -0.2) is 18.5 Å². The van der Waals surface area contributed by atoms with Gasteiger partial charge in [0.05, 0.1) is 5.69 Å². The highest BCUT2D eigenvalue weighted by molar-refractivity contribution is 9.10. The number of carbonyl (C=O) groups is 2. The first-order valence-electron chi connectivity index (χ1n) is 6.94. The first-order valence-corrected chi connectivity index (χ1v) is 8.55. The number of hydrogen-bond acceptors (Lipinski definition) is 4. The zero-order valence-electron chi connectivity index (χ0n) is 12.2. The molecule has 4 nitrogen and oxygen atoms in total. The largest absolute Gasteiger partial charge is 0.451 e. The molecular weight excluding hydrogens is 397 g/mol. The molecule has 0 saturated carbocycles. The second kappa shape index (κ2) is 7.11. The minimum Gasteiger partial charge on any atom is -0.451 e. The number of halogens is 2. The van der Waals surface area contributed by atoms with E-state index in [-0.39, 0.29) is 4.88 Å². The van der Waals surface area contributed by atoms with E-state index in [0.717, 1.165) is 15.8 Å². The third-order valence-corrected chi connectivity index (χ3v) is 4.96. The van der Waals surface area contributed by atoms with Crippen molar-refractivity contribution in [3.63, 3.8) is 0 Å². The molecule has 3 aromatic rings. The number of esters is 1. The van der Waals surface area contributed by atoms with Crippen molar-refractivity contribution < 1.29 is 18.7 Å². The van der Waals surface area contributed by atoms with Crippen LogP contribution in [0.25, 0.3) is 10.1 Å². The van der Waals surface area contributed by atoms with E-state index >= 15 is 0 Å². The molecule has 0 saturated heterocycles. The molecule has 7 heteroatoms. The lowest BCUT2D eigenvalue weighted by atomic mass is 10.2. The van der Waals surface area contributed by atoms with Crippen LogP contribution in [0.1, 0.15) is 9.67 Å². The number of anilines is 1. The molecule has 122 valence electrons. The SMILES string of the molecule is O=C(COC(=O)c1cc2c(F)cccc2s1)Nc1ccccc1Br. The fraction of sp³-hybridized carbons (Fsp3) is 0.0588. The molecular formula is C17H11BrFNO3S. The topological polar surface area (TPSA) is 55.4 Å². The number of thiophene rings is 1. The van der Waals surface area contributed by atoms with Gasteiger partial charge in [-0.25, -0.2) is 9.18 Å². The highest BCUT2D eigenvalue weighted by Crippen LogP contribution is 2.28. The van der Waals surface area contributed by atoms with Crippen LogP contribution in [-0.2, 0) is 9.53 Å². The molecule has 0 spiro atoms. The van der Waals surface area contributed by atoms with E-state index in [1.165, 1.54) is 12.1 Å². The first kappa shape index (κ1) is 16.6. The minimum atomic E-state index is -0.655. The van der Waals surface area contributed by atoms with Gasteiger partial charge in [0.1, 0.15) is 10.7 Å². The van der Waals surface area contributed by atoms with Crippen LogP contribution in [0, 0.1) is 5.82 Å². The molecule has 0 bridgehead atoms. The molecule has 1 N–H and O–H groups in total. The van der Waals surface area contributed by atoms with Gasteiger partial charge in [0.25, 0.3) is 5.91 Å². The monoisotopic (exact) mass is 407 g/mol. The Labute approximate surface area is 149 Å². The number of hydrogen-bond donors (Lipinski definition) is 1. The van der Waals surface area contributed by atoms with Crippen LogP contribution in [0.5, 0.6) is 0 Å². The summed E-state index contributed by atoms with van der Waals surface area (Å²) in [7, 11) is 0. The van der Waals surface area contributed by atoms with E-state index in [4.69, 9.17) is 4.74 Å². The van der Waals surface area contributed by atoms with E-state index in [1.807, 2.05) is 6.07 Å². The summed E-state index contributed by atoms with van der Waals surface area (Å²) in [4.78, 5) is 24.1. The lowest BCUT2D eigenvalue weighted by Gasteiger charge is -2.07. The molecule has 1 aromatic heterocycles. The second-order valence-corrected chi connectivity index (χ2v) is 6.80. The molecule has 2 aromatic carbocycles. The van der Waals surface area contributed by atoms with E-state index in [1.54, 1.807) is 30.3 Å². The third kappa shape index (κ3) is 3.63. The van der Waals surface area contributed by atoms with Crippen LogP contribution < -0.4 is 5.32 Å². The quantitative estimate of drug-likeness (QED) is 0.643. The predicted octanol–water partition coefficient (Wildman–Crippen LogP) is 4.60. The fourth-order valence-corrected chi connectivity index (χ4v) is 3.43. The Bertz CT molecular complexity index is 925. The Balaban J connectivity index is 1.63. The average molecular weight is 408 g/mol. The molecule has 0 aliphatic carbocycles. The number of benzene rings is 2. The molecule has 0 atom stereocenters. The van der Waals surface area contributed by atoms with Gasteiger partial charge in [0.2, 0.25) is 0 Å². The number of para-hydroxylation sites is 1. The van der Waals surface area contributed by atoms with Crippen LogP contribution in [0.4, 0.5) is 10.1 Å². The smallest absolute Gasteiger partial charge is 0.348 e. The Hall–Kier alpha value is -2.25. The molecule has 1 heterocycles. The molecule has 0 fully saturated rings. The molecule has 0 radical (unpaired) electrons. The number of nitrogens with one attached hydrogen (secondary N) is 1. The molecule has 1 amide bonds. The van der Waals surface area contributed by atoms with Crippen LogP contribution >= 0.6 is 27.3 Å². The van der Waals surface area contributed by atoms with E-state index in [2.05, 4.69) is 21.2 Å². The van der Waals surface area contributed by atoms with Gasteiger partial charge in [0, 0.05) is 14.6 Å². The highest BCUT2D eigenvalue weighted by atomic mass is 79.9. The fourth-order valence-electron chi connectivity index (χ4n) is 2.08. The van der Waals surface area contributed by atoms with Gasteiger partial charge in [-0.1, -0.05) is 18.2 Å². The first-order chi connectivity index (χ1) is 11.5. The summed E-state index contributed by atoms with van der Waals surface area (Å²) in [5, 5.41) is 3.00. The van der Waals surface area contributed by atoms with Gasteiger partial charge in [-0.15, -0.1) is 11.3 Å². The van der Waals surface area contributed by atoms with Crippen LogP contribution in [0.2, 0.25) is 0 Å². The third-order valence-electron chi connectivity index (χ3n) is 3.19. The zero-order chi connectivity index (χ0) is 17.1. The lowest BCUT2D eigenvalue weighted by molar-refractivity contribution is -0.119. The maximum atomic E-state index is 13.6. The summed E-state index contributed by atoms with van der Waals surface area (Å²) in [5.74, 6) is -1.50. The maximum Gasteiger partial charge on any atom is 0.348 e. The Morgan fingerprint density at radius 3 is 2.71 bits per heavy atom. The predicted molar refractivity (Wildman–Crippen MR) is 94.8 cm³/mol. The van der Waals surface area contributed by atoms with Gasteiger partial charge in [-0.3, -0.25) is 4.79 Å². The molecule has 0 aliphatic heterocycles. The van der Waals surface area contributed by atoms with Crippen LogP contribution in [0.3, 0.4) is 0 Å². The standard InChI is InChI=1S/C17H11BrFNO3S/c18-11-4-1-2-6-13(11)20-16(21)9-23-17(22)15-8-10-12(19)5-3-7-14(10)24-15/h1-8H,9H2,(H,20,21). The molecule has 0 unspecified atom stereocenters. The summed E-state index contributed by atoms with van der Waals surface area (Å²) in [6.45, 7) is -0.420. The zero-order valence-corrected chi connectivity index (χ0v) is 14.6. The molecule has 0 aliphatic rings. The normalized spacial score (nSPS) is 10.6. The summed E-state index contributed by atoms with van der Waals surface area (Å²) in [6.07, 6.45) is 0. The number of carbonyl (C=O) groups excluding carboxylic acids is 2. The summed E-state index contributed by atoms with van der Waals surface area (Å²) in [5.41, 5.74) is 0.586. The van der Waals surface area contributed by atoms with Crippen LogP contribution in [0.15, 0.2) is 53.0 Å². The van der Waals surface area contributed by atoms with Crippen molar-refractivity contribution in [2.75, 3.05) is 11.9 Å². The van der Waals surface area contributed by atoms with Crippen molar-refractivity contribution >= 4 is 54.9 Å². The van der Waals surface area contributed by atoms with Crippen molar-refractivity contribution in [3.05, 3.63) is 63.7 Å². The Morgan fingerprint density at radius 1 is 1.17 bits per heavy atom. The van der Waals surface area contributed by atoms with E-state index < -0.39 is 24.3 Å². The van der Waals surface area contributed by atoms with E-state index in [9.17, 15) is 14.0 Å².